The van der Waals surface area contributed by atoms with E-state index in [0.717, 1.165) is 17.7 Å². The summed E-state index contributed by atoms with van der Waals surface area (Å²) in [7, 11) is 3.46. The number of hydrogen-bond acceptors (Lipinski definition) is 3. The fourth-order valence-electron chi connectivity index (χ4n) is 1.98. The highest BCUT2D eigenvalue weighted by molar-refractivity contribution is 5.85. The summed E-state index contributed by atoms with van der Waals surface area (Å²) in [4.78, 5) is 13.8. The van der Waals surface area contributed by atoms with Crippen LogP contribution in [0.5, 0.6) is 5.75 Å². The SMILES string of the molecule is CC[C@H](N)C(=O)N(C)C(C)Cc1ccccc1OC.Cl. The summed E-state index contributed by atoms with van der Waals surface area (Å²) in [6.07, 6.45) is 1.41. The van der Waals surface area contributed by atoms with Crippen molar-refractivity contribution in [2.24, 2.45) is 5.73 Å². The molecule has 1 aromatic carbocycles. The van der Waals surface area contributed by atoms with Crippen LogP contribution in [0.4, 0.5) is 0 Å². The summed E-state index contributed by atoms with van der Waals surface area (Å²) < 4.78 is 5.33. The second-order valence-corrected chi connectivity index (χ2v) is 4.83. The predicted octanol–water partition coefficient (Wildman–Crippen LogP) is 2.24. The van der Waals surface area contributed by atoms with Gasteiger partial charge in [-0.1, -0.05) is 25.1 Å². The molecule has 0 fully saturated rings. The lowest BCUT2D eigenvalue weighted by Crippen LogP contribution is -2.46. The van der Waals surface area contributed by atoms with Crippen LogP contribution < -0.4 is 10.5 Å². The molecule has 114 valence electrons. The second-order valence-electron chi connectivity index (χ2n) is 4.83. The Morgan fingerprint density at radius 2 is 2.00 bits per heavy atom. The smallest absolute Gasteiger partial charge is 0.239 e. The number of rotatable bonds is 6. The minimum absolute atomic E-state index is 0. The number of likely N-dealkylation sites (N-methyl/N-ethyl adjacent to an activating group) is 1. The molecule has 2 atom stereocenters. The Hall–Kier alpha value is -1.26. The van der Waals surface area contributed by atoms with Crippen LogP contribution in [0.2, 0.25) is 0 Å². The highest BCUT2D eigenvalue weighted by atomic mass is 35.5. The third kappa shape index (κ3) is 4.69. The van der Waals surface area contributed by atoms with Gasteiger partial charge in [-0.3, -0.25) is 4.79 Å². The average molecular weight is 301 g/mol. The number of benzene rings is 1. The van der Waals surface area contributed by atoms with E-state index in [0.29, 0.717) is 6.42 Å². The Bertz CT molecular complexity index is 426. The number of nitrogens with two attached hydrogens (primary N) is 1. The molecule has 0 aliphatic carbocycles. The molecule has 0 saturated heterocycles. The summed E-state index contributed by atoms with van der Waals surface area (Å²) in [5, 5.41) is 0. The number of ether oxygens (including phenoxy) is 1. The van der Waals surface area contributed by atoms with E-state index in [1.165, 1.54) is 0 Å². The van der Waals surface area contributed by atoms with Crippen molar-refractivity contribution < 1.29 is 9.53 Å². The Balaban J connectivity index is 0.00000361. The van der Waals surface area contributed by atoms with Gasteiger partial charge in [-0.15, -0.1) is 12.4 Å². The van der Waals surface area contributed by atoms with Gasteiger partial charge in [0.2, 0.25) is 5.91 Å². The third-order valence-electron chi connectivity index (χ3n) is 3.47. The van der Waals surface area contributed by atoms with E-state index in [-0.39, 0.29) is 24.4 Å². The van der Waals surface area contributed by atoms with Crippen molar-refractivity contribution >= 4 is 18.3 Å². The molecule has 0 saturated carbocycles. The number of hydrogen-bond donors (Lipinski definition) is 1. The van der Waals surface area contributed by atoms with E-state index in [1.54, 1.807) is 19.1 Å². The van der Waals surface area contributed by atoms with E-state index >= 15 is 0 Å². The molecular weight excluding hydrogens is 276 g/mol. The van der Waals surface area contributed by atoms with E-state index in [1.807, 2.05) is 38.1 Å². The van der Waals surface area contributed by atoms with Gasteiger partial charge < -0.3 is 15.4 Å². The highest BCUT2D eigenvalue weighted by Crippen LogP contribution is 2.20. The van der Waals surface area contributed by atoms with Crippen molar-refractivity contribution in [1.29, 1.82) is 0 Å². The maximum atomic E-state index is 12.0. The van der Waals surface area contributed by atoms with Crippen LogP contribution in [-0.4, -0.2) is 37.0 Å². The summed E-state index contributed by atoms with van der Waals surface area (Å²) in [5.74, 6) is 0.847. The molecule has 4 nitrogen and oxygen atoms in total. The van der Waals surface area contributed by atoms with Crippen molar-refractivity contribution in [3.05, 3.63) is 29.8 Å². The molecule has 1 unspecified atom stereocenters. The van der Waals surface area contributed by atoms with Crippen molar-refractivity contribution in [1.82, 2.24) is 4.90 Å². The zero-order chi connectivity index (χ0) is 14.4. The van der Waals surface area contributed by atoms with Gasteiger partial charge in [0.15, 0.2) is 0 Å². The number of nitrogens with zero attached hydrogens (tertiary/aromatic N) is 1. The molecule has 0 aliphatic rings. The molecule has 2 N–H and O–H groups in total. The van der Waals surface area contributed by atoms with Crippen molar-refractivity contribution in [3.8, 4) is 5.75 Å². The van der Waals surface area contributed by atoms with Gasteiger partial charge in [-0.05, 0) is 31.4 Å². The largest absolute Gasteiger partial charge is 0.496 e. The van der Waals surface area contributed by atoms with Gasteiger partial charge in [-0.25, -0.2) is 0 Å². The van der Waals surface area contributed by atoms with E-state index in [4.69, 9.17) is 10.5 Å². The molecule has 0 bridgehead atoms. The zero-order valence-electron chi connectivity index (χ0n) is 12.6. The van der Waals surface area contributed by atoms with Crippen LogP contribution in [0.25, 0.3) is 0 Å². The summed E-state index contributed by atoms with van der Waals surface area (Å²) in [6.45, 7) is 3.94. The average Bonchev–Trinajstić information content (AvgIpc) is 2.45. The third-order valence-corrected chi connectivity index (χ3v) is 3.47. The van der Waals surface area contributed by atoms with Crippen LogP contribution >= 0.6 is 12.4 Å². The first-order valence-electron chi connectivity index (χ1n) is 6.65. The Morgan fingerprint density at radius 1 is 1.40 bits per heavy atom. The van der Waals surface area contributed by atoms with Gasteiger partial charge in [-0.2, -0.15) is 0 Å². The Kier molecular flexibility index (Phi) is 8.26. The van der Waals surface area contributed by atoms with E-state index in [2.05, 4.69) is 0 Å². The minimum atomic E-state index is -0.412. The van der Waals surface area contributed by atoms with Crippen LogP contribution in [0.15, 0.2) is 24.3 Å². The van der Waals surface area contributed by atoms with Gasteiger partial charge >= 0.3 is 0 Å². The molecule has 1 rings (SSSR count). The molecule has 0 aliphatic heterocycles. The first kappa shape index (κ1) is 18.7. The fourth-order valence-corrected chi connectivity index (χ4v) is 1.98. The zero-order valence-corrected chi connectivity index (χ0v) is 13.4. The maximum Gasteiger partial charge on any atom is 0.239 e. The van der Waals surface area contributed by atoms with Gasteiger partial charge in [0.1, 0.15) is 5.75 Å². The van der Waals surface area contributed by atoms with E-state index in [9.17, 15) is 4.79 Å². The number of halogens is 1. The predicted molar refractivity (Wildman–Crippen MR) is 84.4 cm³/mol. The van der Waals surface area contributed by atoms with Crippen molar-refractivity contribution in [3.63, 3.8) is 0 Å². The molecular formula is C15H25ClN2O2. The number of carbonyl (C=O) groups is 1. The summed E-state index contributed by atoms with van der Waals surface area (Å²) in [5.41, 5.74) is 6.89. The lowest BCUT2D eigenvalue weighted by molar-refractivity contribution is -0.133. The topological polar surface area (TPSA) is 55.6 Å². The van der Waals surface area contributed by atoms with Crippen LogP contribution in [0.3, 0.4) is 0 Å². The second kappa shape index (κ2) is 8.82. The van der Waals surface area contributed by atoms with Crippen LogP contribution in [0.1, 0.15) is 25.8 Å². The fraction of sp³-hybridized carbons (Fsp3) is 0.533. The lowest BCUT2D eigenvalue weighted by Gasteiger charge is -2.27. The Morgan fingerprint density at radius 3 is 2.55 bits per heavy atom. The van der Waals surface area contributed by atoms with Gasteiger partial charge in [0.05, 0.1) is 13.2 Å². The molecule has 0 aromatic heterocycles. The molecule has 1 aromatic rings. The quantitative estimate of drug-likeness (QED) is 0.876. The monoisotopic (exact) mass is 300 g/mol. The molecule has 1 amide bonds. The lowest BCUT2D eigenvalue weighted by atomic mass is 10.0. The standard InChI is InChI=1S/C15H24N2O2.ClH/c1-5-13(16)15(18)17(3)11(2)10-12-8-6-7-9-14(12)19-4;/h6-9,11,13H,5,10,16H2,1-4H3;1H/t11?,13-;/m0./s1. The van der Waals surface area contributed by atoms with E-state index < -0.39 is 6.04 Å². The van der Waals surface area contributed by atoms with Crippen molar-refractivity contribution in [2.75, 3.05) is 14.2 Å². The summed E-state index contributed by atoms with van der Waals surface area (Å²) in [6, 6.07) is 7.54. The Labute approximate surface area is 127 Å². The number of para-hydroxylation sites is 1. The van der Waals surface area contributed by atoms with Crippen LogP contribution in [0, 0.1) is 0 Å². The molecule has 0 heterocycles. The maximum absolute atomic E-state index is 12.0. The van der Waals surface area contributed by atoms with Crippen molar-refractivity contribution in [2.45, 2.75) is 38.8 Å². The minimum Gasteiger partial charge on any atom is -0.496 e. The first-order valence-corrected chi connectivity index (χ1v) is 6.65. The van der Waals surface area contributed by atoms with Crippen LogP contribution in [-0.2, 0) is 11.2 Å². The molecule has 5 heteroatoms. The summed E-state index contributed by atoms with van der Waals surface area (Å²) >= 11 is 0. The van der Waals surface area contributed by atoms with Gasteiger partial charge in [0, 0.05) is 13.1 Å². The normalized spacial score (nSPS) is 13.1. The van der Waals surface area contributed by atoms with Gasteiger partial charge in [0.25, 0.3) is 0 Å². The first-order chi connectivity index (χ1) is 9.01. The molecule has 20 heavy (non-hydrogen) atoms. The molecule has 0 spiro atoms. The molecule has 0 radical (unpaired) electrons. The number of methoxy groups -OCH3 is 1. The number of amides is 1. The highest BCUT2D eigenvalue weighted by Gasteiger charge is 2.21. The number of carbonyl (C=O) groups excluding carboxylic acids is 1.